The maximum Gasteiger partial charge on any atom is 0.246 e. The van der Waals surface area contributed by atoms with E-state index in [-0.39, 0.29) is 24.0 Å². The third-order valence-corrected chi connectivity index (χ3v) is 4.17. The molecule has 148 valence electrons. The maximum absolute atomic E-state index is 5.89. The largest absolute Gasteiger partial charge is 0.356 e. The molecule has 3 rings (SSSR count). The van der Waals surface area contributed by atoms with Crippen molar-refractivity contribution in [2.45, 2.75) is 13.0 Å². The molecule has 0 saturated heterocycles. The van der Waals surface area contributed by atoms with Gasteiger partial charge in [0, 0.05) is 30.4 Å². The summed E-state index contributed by atoms with van der Waals surface area (Å²) in [4.78, 5) is 12.6. The molecule has 0 aliphatic heterocycles. The van der Waals surface area contributed by atoms with Crippen LogP contribution in [0, 0.1) is 0 Å². The molecule has 7 nitrogen and oxygen atoms in total. The molecule has 0 spiro atoms. The van der Waals surface area contributed by atoms with Gasteiger partial charge in [-0.25, -0.2) is 4.98 Å². The van der Waals surface area contributed by atoms with Crippen molar-refractivity contribution in [1.82, 2.24) is 25.8 Å². The number of hydrogen-bond acceptors (Lipinski definition) is 5. The summed E-state index contributed by atoms with van der Waals surface area (Å²) in [5.41, 5.74) is 1.93. The summed E-state index contributed by atoms with van der Waals surface area (Å²) in [5.74, 6) is 1.62. The van der Waals surface area contributed by atoms with Crippen LogP contribution in [0.1, 0.15) is 11.5 Å². The highest BCUT2D eigenvalue weighted by Crippen LogP contribution is 2.18. The van der Waals surface area contributed by atoms with Gasteiger partial charge in [0.05, 0.1) is 6.54 Å². The van der Waals surface area contributed by atoms with Crippen molar-refractivity contribution >= 4 is 53.1 Å². The first-order valence-corrected chi connectivity index (χ1v) is 9.03. The summed E-state index contributed by atoms with van der Waals surface area (Å²) >= 11 is 11.7. The van der Waals surface area contributed by atoms with Crippen LogP contribution < -0.4 is 10.6 Å². The number of nitrogens with one attached hydrogen (secondary N) is 2. The lowest BCUT2D eigenvalue weighted by Crippen LogP contribution is -2.37. The minimum Gasteiger partial charge on any atom is -0.356 e. The van der Waals surface area contributed by atoms with Crippen LogP contribution >= 0.6 is 47.2 Å². The van der Waals surface area contributed by atoms with Crippen LogP contribution in [0.4, 0.5) is 0 Å². The zero-order valence-corrected chi connectivity index (χ0v) is 18.9. The number of halogens is 3. The average Bonchev–Trinajstić information content (AvgIpc) is 3.15. The van der Waals surface area contributed by atoms with E-state index in [1.165, 1.54) is 0 Å². The third kappa shape index (κ3) is 6.61. The first-order chi connectivity index (χ1) is 13.1. The van der Waals surface area contributed by atoms with Crippen molar-refractivity contribution in [3.8, 4) is 11.4 Å². The zero-order chi connectivity index (χ0) is 19.1. The predicted octanol–water partition coefficient (Wildman–Crippen LogP) is 3.96. The monoisotopic (exact) mass is 532 g/mol. The first kappa shape index (κ1) is 22.4. The number of guanidine groups is 1. The molecule has 0 atom stereocenters. The molecule has 10 heteroatoms. The molecular formula is C18H19Cl2IN6O. The van der Waals surface area contributed by atoms with Crippen LogP contribution in [0.3, 0.4) is 0 Å². The van der Waals surface area contributed by atoms with E-state index in [1.807, 2.05) is 18.2 Å². The van der Waals surface area contributed by atoms with Crippen LogP contribution in [0.25, 0.3) is 11.4 Å². The Morgan fingerprint density at radius 2 is 1.89 bits per heavy atom. The number of hydrogen-bond donors (Lipinski definition) is 2. The van der Waals surface area contributed by atoms with Crippen molar-refractivity contribution in [2.75, 3.05) is 13.6 Å². The molecule has 0 amide bonds. The van der Waals surface area contributed by atoms with E-state index in [4.69, 9.17) is 27.7 Å². The van der Waals surface area contributed by atoms with Crippen molar-refractivity contribution < 1.29 is 4.52 Å². The number of rotatable bonds is 6. The smallest absolute Gasteiger partial charge is 0.246 e. The van der Waals surface area contributed by atoms with Gasteiger partial charge in [0.25, 0.3) is 0 Å². The van der Waals surface area contributed by atoms with Gasteiger partial charge in [0.1, 0.15) is 5.15 Å². The fourth-order valence-electron chi connectivity index (χ4n) is 2.30. The van der Waals surface area contributed by atoms with Gasteiger partial charge in [-0.1, -0.05) is 34.4 Å². The van der Waals surface area contributed by atoms with Gasteiger partial charge in [0.2, 0.25) is 11.7 Å². The molecular weight excluding hydrogens is 514 g/mol. The van der Waals surface area contributed by atoms with Gasteiger partial charge in [-0.15, -0.1) is 24.0 Å². The molecule has 0 bridgehead atoms. The Labute approximate surface area is 190 Å². The molecule has 0 radical (unpaired) electrons. The molecule has 2 N–H and O–H groups in total. The Hall–Kier alpha value is -1.91. The second-order valence-electron chi connectivity index (χ2n) is 5.61. The summed E-state index contributed by atoms with van der Waals surface area (Å²) < 4.78 is 5.27. The maximum atomic E-state index is 5.89. The van der Waals surface area contributed by atoms with Crippen LogP contribution in [0.15, 0.2) is 52.1 Å². The SMILES string of the molecule is CN=C(NCCc1ccc(Cl)nc1)NCc1nc(-c2ccc(Cl)cc2)no1.I. The van der Waals surface area contributed by atoms with E-state index >= 15 is 0 Å². The molecule has 0 aliphatic carbocycles. The molecule has 0 fully saturated rings. The normalized spacial score (nSPS) is 11.0. The fourth-order valence-corrected chi connectivity index (χ4v) is 2.54. The van der Waals surface area contributed by atoms with Gasteiger partial charge < -0.3 is 15.2 Å². The van der Waals surface area contributed by atoms with Crippen molar-refractivity contribution in [1.29, 1.82) is 0 Å². The minimum absolute atomic E-state index is 0. The van der Waals surface area contributed by atoms with Crippen molar-refractivity contribution in [3.63, 3.8) is 0 Å². The van der Waals surface area contributed by atoms with E-state index in [0.29, 0.717) is 40.9 Å². The summed E-state index contributed by atoms with van der Waals surface area (Å²) in [5, 5.41) is 11.5. The number of nitrogens with zero attached hydrogens (tertiary/aromatic N) is 4. The van der Waals surface area contributed by atoms with E-state index in [9.17, 15) is 0 Å². The summed E-state index contributed by atoms with van der Waals surface area (Å²) in [6.07, 6.45) is 2.56. The Morgan fingerprint density at radius 1 is 1.11 bits per heavy atom. The van der Waals surface area contributed by atoms with Crippen LogP contribution in [-0.4, -0.2) is 34.7 Å². The third-order valence-electron chi connectivity index (χ3n) is 3.70. The highest BCUT2D eigenvalue weighted by Gasteiger charge is 2.09. The van der Waals surface area contributed by atoms with Crippen LogP contribution in [-0.2, 0) is 13.0 Å². The Morgan fingerprint density at radius 3 is 2.57 bits per heavy atom. The summed E-state index contributed by atoms with van der Waals surface area (Å²) in [6, 6.07) is 11.0. The molecule has 2 aromatic heterocycles. The van der Waals surface area contributed by atoms with E-state index < -0.39 is 0 Å². The lowest BCUT2D eigenvalue weighted by Gasteiger charge is -2.10. The quantitative estimate of drug-likeness (QED) is 0.216. The van der Waals surface area contributed by atoms with E-state index in [0.717, 1.165) is 17.5 Å². The molecule has 2 heterocycles. The molecule has 3 aromatic rings. The molecule has 28 heavy (non-hydrogen) atoms. The zero-order valence-electron chi connectivity index (χ0n) is 15.0. The molecule has 0 aliphatic rings. The Kier molecular flexibility index (Phi) is 8.94. The predicted molar refractivity (Wildman–Crippen MR) is 121 cm³/mol. The molecule has 0 saturated carbocycles. The average molecular weight is 533 g/mol. The van der Waals surface area contributed by atoms with Crippen molar-refractivity contribution in [2.24, 2.45) is 4.99 Å². The topological polar surface area (TPSA) is 88.2 Å². The fraction of sp³-hybridized carbons (Fsp3) is 0.222. The van der Waals surface area contributed by atoms with E-state index in [2.05, 4.69) is 30.8 Å². The number of aliphatic imine (C=N–C) groups is 1. The second-order valence-corrected chi connectivity index (χ2v) is 6.43. The molecule has 1 aromatic carbocycles. The van der Waals surface area contributed by atoms with Crippen molar-refractivity contribution in [3.05, 3.63) is 64.2 Å². The minimum atomic E-state index is 0. The lowest BCUT2D eigenvalue weighted by molar-refractivity contribution is 0.375. The van der Waals surface area contributed by atoms with Gasteiger partial charge in [-0.3, -0.25) is 4.99 Å². The van der Waals surface area contributed by atoms with Gasteiger partial charge in [-0.05, 0) is 42.3 Å². The first-order valence-electron chi connectivity index (χ1n) is 8.27. The van der Waals surface area contributed by atoms with Gasteiger partial charge >= 0.3 is 0 Å². The Balaban J connectivity index is 0.00000280. The Bertz CT molecular complexity index is 899. The van der Waals surface area contributed by atoms with Gasteiger partial charge in [-0.2, -0.15) is 4.98 Å². The summed E-state index contributed by atoms with van der Waals surface area (Å²) in [6.45, 7) is 1.06. The number of benzene rings is 1. The number of aromatic nitrogens is 3. The highest BCUT2D eigenvalue weighted by atomic mass is 127. The standard InChI is InChI=1S/C18H18Cl2N6O.HI/c1-21-18(22-9-8-12-2-7-15(20)23-10-12)24-11-16-25-17(26-27-16)13-3-5-14(19)6-4-13;/h2-7,10H,8-9,11H2,1H3,(H2,21,22,24);1H. The second kappa shape index (κ2) is 11.2. The number of pyridine rings is 1. The molecule has 0 unspecified atom stereocenters. The van der Waals surface area contributed by atoms with Crippen LogP contribution in [0.2, 0.25) is 10.2 Å². The van der Waals surface area contributed by atoms with E-state index in [1.54, 1.807) is 31.4 Å². The van der Waals surface area contributed by atoms with Gasteiger partial charge in [0.15, 0.2) is 5.96 Å². The summed E-state index contributed by atoms with van der Waals surface area (Å²) in [7, 11) is 1.70. The highest BCUT2D eigenvalue weighted by molar-refractivity contribution is 14.0. The van der Waals surface area contributed by atoms with Crippen LogP contribution in [0.5, 0.6) is 0 Å². The lowest BCUT2D eigenvalue weighted by atomic mass is 10.2.